The molecule has 13 heteroatoms. The number of ketones is 1. The fourth-order valence-electron chi connectivity index (χ4n) is 7.90. The minimum atomic E-state index is -3.56. The average Bonchev–Trinajstić information content (AvgIpc) is 3.87. The number of rotatable bonds is 14. The largest absolute Gasteiger partial charge is 0.346 e. The van der Waals surface area contributed by atoms with Gasteiger partial charge in [0.05, 0.1) is 22.1 Å². The van der Waals surface area contributed by atoms with Gasteiger partial charge >= 0.3 is 6.03 Å². The van der Waals surface area contributed by atoms with E-state index in [4.69, 9.17) is 0 Å². The first-order valence-electron chi connectivity index (χ1n) is 18.4. The summed E-state index contributed by atoms with van der Waals surface area (Å²) in [6, 6.07) is -3.56. The summed E-state index contributed by atoms with van der Waals surface area (Å²) in [4.78, 5) is 69.8. The van der Waals surface area contributed by atoms with Crippen LogP contribution in [0.3, 0.4) is 0 Å². The van der Waals surface area contributed by atoms with Crippen molar-refractivity contribution in [3.63, 3.8) is 0 Å². The van der Waals surface area contributed by atoms with Crippen LogP contribution in [0.25, 0.3) is 0 Å². The van der Waals surface area contributed by atoms with E-state index < -0.39 is 73.2 Å². The fourth-order valence-corrected chi connectivity index (χ4v) is 9.42. The Labute approximate surface area is 299 Å². The molecule has 0 spiro atoms. The molecule has 1 unspecified atom stereocenters. The van der Waals surface area contributed by atoms with Crippen molar-refractivity contribution in [2.75, 3.05) is 18.8 Å². The molecule has 1 aliphatic heterocycles. The normalized spacial score (nSPS) is 25.4. The third-order valence-electron chi connectivity index (χ3n) is 11.6. The highest BCUT2D eigenvalue weighted by molar-refractivity contribution is 7.92. The molecule has 4 aliphatic rings. The molecular formula is C37H61N5O7S. The summed E-state index contributed by atoms with van der Waals surface area (Å²) < 4.78 is 25.7. The van der Waals surface area contributed by atoms with E-state index in [1.807, 2.05) is 20.8 Å². The highest BCUT2D eigenvalue weighted by atomic mass is 32.2. The molecule has 0 radical (unpaired) electrons. The number of fused-ring (bicyclic) bond motifs is 1. The minimum Gasteiger partial charge on any atom is -0.346 e. The van der Waals surface area contributed by atoms with Crippen LogP contribution in [0.5, 0.6) is 0 Å². The number of hydrogen-bond acceptors (Lipinski definition) is 7. The average molecular weight is 720 g/mol. The van der Waals surface area contributed by atoms with E-state index in [0.717, 1.165) is 32.1 Å². The smallest absolute Gasteiger partial charge is 0.315 e. The SMILES string of the molecule is C=CCNC(=O)C(=O)[C@H](CCC1CC1)NC(=O)[C@@H]1C2[C@H](CN1C(=O)[C@@H](NC(=O)NC1(CS(=O)(=O)C(C)(C)C)CCCCC1)C(C)(C)C)C2(C)C. The Bertz CT molecular complexity index is 1450. The lowest BCUT2D eigenvalue weighted by Crippen LogP contribution is -2.64. The number of likely N-dealkylation sites (tertiary alicyclic amines) is 1. The van der Waals surface area contributed by atoms with Gasteiger partial charge in [-0.3, -0.25) is 19.2 Å². The maximum absolute atomic E-state index is 14.5. The molecule has 4 rings (SSSR count). The molecule has 5 atom stereocenters. The van der Waals surface area contributed by atoms with Gasteiger partial charge < -0.3 is 26.2 Å². The van der Waals surface area contributed by atoms with Crippen LogP contribution in [0.2, 0.25) is 0 Å². The lowest BCUT2D eigenvalue weighted by atomic mass is 9.83. The molecule has 4 fully saturated rings. The number of sulfone groups is 1. The number of nitrogens with zero attached hydrogens (tertiary/aromatic N) is 1. The van der Waals surface area contributed by atoms with Crippen molar-refractivity contribution in [2.24, 2.45) is 28.6 Å². The zero-order valence-electron chi connectivity index (χ0n) is 31.4. The number of amides is 5. The van der Waals surface area contributed by atoms with Crippen molar-refractivity contribution in [2.45, 2.75) is 142 Å². The Hall–Kier alpha value is -2.96. The second kappa shape index (κ2) is 14.6. The topological polar surface area (TPSA) is 171 Å². The summed E-state index contributed by atoms with van der Waals surface area (Å²) in [5, 5.41) is 11.3. The van der Waals surface area contributed by atoms with Crippen LogP contribution >= 0.6 is 0 Å². The van der Waals surface area contributed by atoms with Crippen molar-refractivity contribution >= 4 is 39.4 Å². The molecule has 5 amide bonds. The van der Waals surface area contributed by atoms with Crippen LogP contribution in [-0.2, 0) is 29.0 Å². The zero-order valence-corrected chi connectivity index (χ0v) is 32.3. The summed E-state index contributed by atoms with van der Waals surface area (Å²) in [7, 11) is -3.56. The van der Waals surface area contributed by atoms with Gasteiger partial charge in [0.15, 0.2) is 9.84 Å². The minimum absolute atomic E-state index is 0.0567. The quantitative estimate of drug-likeness (QED) is 0.157. The monoisotopic (exact) mass is 719 g/mol. The third kappa shape index (κ3) is 8.91. The highest BCUT2D eigenvalue weighted by Gasteiger charge is 2.70. The van der Waals surface area contributed by atoms with Crippen LogP contribution in [-0.4, -0.2) is 90.1 Å². The number of hydrogen-bond donors (Lipinski definition) is 4. The van der Waals surface area contributed by atoms with Crippen molar-refractivity contribution in [1.82, 2.24) is 26.2 Å². The summed E-state index contributed by atoms with van der Waals surface area (Å²) >= 11 is 0. The van der Waals surface area contributed by atoms with Crippen molar-refractivity contribution < 1.29 is 32.4 Å². The van der Waals surface area contributed by atoms with E-state index in [0.29, 0.717) is 38.1 Å². The van der Waals surface area contributed by atoms with E-state index in [1.165, 1.54) is 11.0 Å². The van der Waals surface area contributed by atoms with E-state index in [-0.39, 0.29) is 29.5 Å². The lowest BCUT2D eigenvalue weighted by Gasteiger charge is -2.41. The number of Topliss-reactive ketones (excluding diaryl/α,β-unsaturated/α-hetero) is 1. The maximum Gasteiger partial charge on any atom is 0.315 e. The molecule has 282 valence electrons. The van der Waals surface area contributed by atoms with E-state index in [2.05, 4.69) is 41.7 Å². The second-order valence-electron chi connectivity index (χ2n) is 17.9. The van der Waals surface area contributed by atoms with Gasteiger partial charge in [-0.15, -0.1) is 6.58 Å². The number of urea groups is 1. The molecule has 1 heterocycles. The summed E-state index contributed by atoms with van der Waals surface area (Å²) in [6.45, 7) is 18.6. The Kier molecular flexibility index (Phi) is 11.6. The van der Waals surface area contributed by atoms with Crippen molar-refractivity contribution in [1.29, 1.82) is 0 Å². The van der Waals surface area contributed by atoms with Crippen LogP contribution in [0.1, 0.15) is 113 Å². The molecule has 0 bridgehead atoms. The number of nitrogens with one attached hydrogen (secondary N) is 4. The number of carbonyl (C=O) groups excluding carboxylic acids is 5. The molecule has 0 aromatic heterocycles. The molecular weight excluding hydrogens is 659 g/mol. The van der Waals surface area contributed by atoms with Gasteiger partial charge in [-0.25, -0.2) is 13.2 Å². The van der Waals surface area contributed by atoms with Crippen LogP contribution < -0.4 is 21.3 Å². The highest BCUT2D eigenvalue weighted by Crippen LogP contribution is 2.65. The Balaban J connectivity index is 1.55. The van der Waals surface area contributed by atoms with E-state index in [9.17, 15) is 32.4 Å². The van der Waals surface area contributed by atoms with E-state index in [1.54, 1.807) is 20.8 Å². The van der Waals surface area contributed by atoms with Crippen LogP contribution in [0, 0.1) is 28.6 Å². The first-order valence-corrected chi connectivity index (χ1v) is 20.0. The van der Waals surface area contributed by atoms with Crippen LogP contribution in [0.15, 0.2) is 12.7 Å². The first-order chi connectivity index (χ1) is 23.0. The second-order valence-corrected chi connectivity index (χ2v) is 20.7. The molecule has 1 saturated heterocycles. The third-order valence-corrected chi connectivity index (χ3v) is 14.4. The van der Waals surface area contributed by atoms with Gasteiger partial charge in [0.2, 0.25) is 17.6 Å². The molecule has 3 aliphatic carbocycles. The van der Waals surface area contributed by atoms with Crippen molar-refractivity contribution in [3.8, 4) is 0 Å². The van der Waals surface area contributed by atoms with Crippen molar-refractivity contribution in [3.05, 3.63) is 12.7 Å². The predicted octanol–water partition coefficient (Wildman–Crippen LogP) is 3.65. The van der Waals surface area contributed by atoms with Gasteiger partial charge in [-0.1, -0.05) is 72.8 Å². The number of piperidine rings is 1. The van der Waals surface area contributed by atoms with Gasteiger partial charge in [0.25, 0.3) is 5.91 Å². The maximum atomic E-state index is 14.5. The molecule has 12 nitrogen and oxygen atoms in total. The van der Waals surface area contributed by atoms with Gasteiger partial charge in [-0.2, -0.15) is 0 Å². The van der Waals surface area contributed by atoms with E-state index >= 15 is 0 Å². The molecule has 3 saturated carbocycles. The van der Waals surface area contributed by atoms with Crippen LogP contribution in [0.4, 0.5) is 4.79 Å². The fraction of sp³-hybridized carbons (Fsp3) is 0.811. The van der Waals surface area contributed by atoms with Gasteiger partial charge in [-0.05, 0) is 75.0 Å². The Morgan fingerprint density at radius 2 is 1.58 bits per heavy atom. The standard InChI is InChI=1S/C37H61N5O7S/c1-10-20-38-31(45)28(43)25(17-16-23-14-15-23)39-30(44)27-26-24(36(26,8)9)21-42(27)32(46)29(34(2,3)4)40-33(47)41-37(18-12-11-13-19-37)22-50(48,49)35(5,6)7/h10,23-27,29H,1,11-22H2,2-9H3,(H,38,45)(H,39,44)(H2,40,41,47)/t24-,25-,26?,27-,29+/m0/s1. The van der Waals surface area contributed by atoms with Gasteiger partial charge in [0.1, 0.15) is 12.1 Å². The number of carbonyl (C=O) groups is 5. The zero-order chi connectivity index (χ0) is 37.4. The van der Waals surface area contributed by atoms with Gasteiger partial charge in [0, 0.05) is 13.1 Å². The molecule has 4 N–H and O–H groups in total. The molecule has 0 aromatic rings. The summed E-state index contributed by atoms with van der Waals surface area (Å²) in [5.41, 5.74) is -1.93. The predicted molar refractivity (Wildman–Crippen MR) is 193 cm³/mol. The summed E-state index contributed by atoms with van der Waals surface area (Å²) in [6.07, 6.45) is 8.18. The first kappa shape index (κ1) is 39.8. The molecule has 0 aromatic carbocycles. The lowest BCUT2D eigenvalue weighted by molar-refractivity contribution is -0.145. The summed E-state index contributed by atoms with van der Waals surface area (Å²) in [5.74, 6) is -2.22. The Morgan fingerprint density at radius 3 is 2.12 bits per heavy atom. The Morgan fingerprint density at radius 1 is 0.960 bits per heavy atom. The molecule has 50 heavy (non-hydrogen) atoms.